The van der Waals surface area contributed by atoms with E-state index < -0.39 is 11.9 Å². The van der Waals surface area contributed by atoms with Crippen molar-refractivity contribution >= 4 is 27.7 Å². The van der Waals surface area contributed by atoms with Gasteiger partial charge in [-0.25, -0.2) is 0 Å². The standard InChI is InChI=1S/C18H19BrN2O2/c1-11-7-12(2)9-14(8-11)18(23)21-16(17(20)22)10-13-3-5-15(19)6-4-13/h3-9,16H,10H2,1-2H3,(H2,20,22)(H,21,23)/t16-/m1/s1. The predicted octanol–water partition coefficient (Wildman–Crippen LogP) is 2.89. The van der Waals surface area contributed by atoms with Crippen LogP contribution >= 0.6 is 15.9 Å². The van der Waals surface area contributed by atoms with Crippen LogP contribution in [0.2, 0.25) is 0 Å². The van der Waals surface area contributed by atoms with Crippen LogP contribution in [0.1, 0.15) is 27.0 Å². The zero-order valence-corrected chi connectivity index (χ0v) is 14.7. The molecule has 0 aliphatic heterocycles. The molecule has 0 aliphatic rings. The Labute approximate surface area is 144 Å². The molecule has 0 bridgehead atoms. The summed E-state index contributed by atoms with van der Waals surface area (Å²) in [6.45, 7) is 3.86. The number of carbonyl (C=O) groups excluding carboxylic acids is 2. The molecular formula is C18H19BrN2O2. The average Bonchev–Trinajstić information content (AvgIpc) is 2.47. The Morgan fingerprint density at radius 1 is 1.09 bits per heavy atom. The lowest BCUT2D eigenvalue weighted by Crippen LogP contribution is -2.45. The monoisotopic (exact) mass is 374 g/mol. The summed E-state index contributed by atoms with van der Waals surface area (Å²) < 4.78 is 0.955. The number of rotatable bonds is 5. The summed E-state index contributed by atoms with van der Waals surface area (Å²) in [4.78, 5) is 24.1. The lowest BCUT2D eigenvalue weighted by molar-refractivity contribution is -0.119. The second kappa shape index (κ2) is 7.42. The van der Waals surface area contributed by atoms with E-state index in [9.17, 15) is 9.59 Å². The second-order valence-electron chi connectivity index (χ2n) is 5.64. The number of benzene rings is 2. The lowest BCUT2D eigenvalue weighted by Gasteiger charge is -2.16. The molecule has 0 fully saturated rings. The molecular weight excluding hydrogens is 356 g/mol. The first kappa shape index (κ1) is 17.2. The molecule has 0 unspecified atom stereocenters. The van der Waals surface area contributed by atoms with E-state index >= 15 is 0 Å². The maximum absolute atomic E-state index is 12.4. The Kier molecular flexibility index (Phi) is 5.55. The van der Waals surface area contributed by atoms with Crippen molar-refractivity contribution in [2.45, 2.75) is 26.3 Å². The van der Waals surface area contributed by atoms with Crippen LogP contribution in [0.5, 0.6) is 0 Å². The van der Waals surface area contributed by atoms with Crippen LogP contribution in [-0.2, 0) is 11.2 Å². The van der Waals surface area contributed by atoms with Crippen LogP contribution in [0.25, 0.3) is 0 Å². The van der Waals surface area contributed by atoms with Gasteiger partial charge in [0.2, 0.25) is 5.91 Å². The molecule has 2 aromatic carbocycles. The third-order valence-electron chi connectivity index (χ3n) is 3.49. The molecule has 120 valence electrons. The Bertz CT molecular complexity index is 706. The van der Waals surface area contributed by atoms with Crippen molar-refractivity contribution in [3.05, 3.63) is 69.2 Å². The molecule has 0 spiro atoms. The smallest absolute Gasteiger partial charge is 0.251 e. The zero-order chi connectivity index (χ0) is 17.0. The fraction of sp³-hybridized carbons (Fsp3) is 0.222. The minimum absolute atomic E-state index is 0.294. The number of halogens is 1. The van der Waals surface area contributed by atoms with E-state index in [2.05, 4.69) is 21.2 Å². The van der Waals surface area contributed by atoms with E-state index in [1.165, 1.54) is 0 Å². The number of hydrogen-bond acceptors (Lipinski definition) is 2. The lowest BCUT2D eigenvalue weighted by atomic mass is 10.0. The summed E-state index contributed by atoms with van der Waals surface area (Å²) >= 11 is 3.36. The van der Waals surface area contributed by atoms with E-state index in [0.717, 1.165) is 21.2 Å². The molecule has 0 aromatic heterocycles. The summed E-state index contributed by atoms with van der Waals surface area (Å²) in [7, 11) is 0. The van der Waals surface area contributed by atoms with Crippen LogP contribution in [0, 0.1) is 13.8 Å². The Morgan fingerprint density at radius 2 is 1.65 bits per heavy atom. The maximum Gasteiger partial charge on any atom is 0.251 e. The Hall–Kier alpha value is -2.14. The summed E-state index contributed by atoms with van der Waals surface area (Å²) in [6, 6.07) is 12.4. The van der Waals surface area contributed by atoms with Crippen molar-refractivity contribution < 1.29 is 9.59 Å². The molecule has 0 saturated carbocycles. The molecule has 5 heteroatoms. The van der Waals surface area contributed by atoms with Gasteiger partial charge in [-0.1, -0.05) is 45.3 Å². The molecule has 23 heavy (non-hydrogen) atoms. The molecule has 4 nitrogen and oxygen atoms in total. The van der Waals surface area contributed by atoms with Crippen molar-refractivity contribution in [2.75, 3.05) is 0 Å². The highest BCUT2D eigenvalue weighted by atomic mass is 79.9. The van der Waals surface area contributed by atoms with E-state index in [0.29, 0.717) is 12.0 Å². The fourth-order valence-corrected chi connectivity index (χ4v) is 2.69. The topological polar surface area (TPSA) is 72.2 Å². The third kappa shape index (κ3) is 4.93. The number of carbonyl (C=O) groups is 2. The number of hydrogen-bond donors (Lipinski definition) is 2. The Balaban J connectivity index is 2.14. The number of amides is 2. The largest absolute Gasteiger partial charge is 0.368 e. The van der Waals surface area contributed by atoms with Crippen LogP contribution in [0.15, 0.2) is 46.9 Å². The van der Waals surface area contributed by atoms with Gasteiger partial charge in [0.15, 0.2) is 0 Å². The second-order valence-corrected chi connectivity index (χ2v) is 6.55. The van der Waals surface area contributed by atoms with Gasteiger partial charge in [0.05, 0.1) is 0 Å². The van der Waals surface area contributed by atoms with Gasteiger partial charge in [0.25, 0.3) is 5.91 Å². The first-order valence-electron chi connectivity index (χ1n) is 7.28. The average molecular weight is 375 g/mol. The molecule has 2 rings (SSSR count). The van der Waals surface area contributed by atoms with E-state index in [1.54, 1.807) is 12.1 Å². The molecule has 1 atom stereocenters. The van der Waals surface area contributed by atoms with Gasteiger partial charge in [0.1, 0.15) is 6.04 Å². The van der Waals surface area contributed by atoms with Gasteiger partial charge < -0.3 is 11.1 Å². The number of aryl methyl sites for hydroxylation is 2. The first-order valence-corrected chi connectivity index (χ1v) is 8.07. The van der Waals surface area contributed by atoms with E-state index in [1.807, 2.05) is 44.2 Å². The third-order valence-corrected chi connectivity index (χ3v) is 4.01. The summed E-state index contributed by atoms with van der Waals surface area (Å²) in [5.74, 6) is -0.844. The van der Waals surface area contributed by atoms with Crippen LogP contribution < -0.4 is 11.1 Å². The predicted molar refractivity (Wildman–Crippen MR) is 94.2 cm³/mol. The quantitative estimate of drug-likeness (QED) is 0.844. The van der Waals surface area contributed by atoms with Gasteiger partial charge >= 0.3 is 0 Å². The highest BCUT2D eigenvalue weighted by Gasteiger charge is 2.19. The van der Waals surface area contributed by atoms with Crippen molar-refractivity contribution in [3.8, 4) is 0 Å². The van der Waals surface area contributed by atoms with E-state index in [4.69, 9.17) is 5.73 Å². The molecule has 0 aliphatic carbocycles. The van der Waals surface area contributed by atoms with Crippen LogP contribution in [0.3, 0.4) is 0 Å². The van der Waals surface area contributed by atoms with Crippen LogP contribution in [0.4, 0.5) is 0 Å². The highest BCUT2D eigenvalue weighted by molar-refractivity contribution is 9.10. The SMILES string of the molecule is Cc1cc(C)cc(C(=O)N[C@H](Cc2ccc(Br)cc2)C(N)=O)c1. The van der Waals surface area contributed by atoms with Crippen molar-refractivity contribution in [3.63, 3.8) is 0 Å². The van der Waals surface area contributed by atoms with Crippen molar-refractivity contribution in [2.24, 2.45) is 5.73 Å². The van der Waals surface area contributed by atoms with Gasteiger partial charge in [-0.3, -0.25) is 9.59 Å². The molecule has 2 amide bonds. The fourth-order valence-electron chi connectivity index (χ4n) is 2.43. The zero-order valence-electron chi connectivity index (χ0n) is 13.1. The summed E-state index contributed by atoms with van der Waals surface area (Å²) in [6.07, 6.45) is 0.360. The van der Waals surface area contributed by atoms with Crippen LogP contribution in [-0.4, -0.2) is 17.9 Å². The summed E-state index contributed by atoms with van der Waals surface area (Å²) in [5, 5.41) is 2.73. The van der Waals surface area contributed by atoms with Gasteiger partial charge in [-0.2, -0.15) is 0 Å². The number of primary amides is 1. The maximum atomic E-state index is 12.4. The normalized spacial score (nSPS) is 11.8. The van der Waals surface area contributed by atoms with Gasteiger partial charge in [-0.15, -0.1) is 0 Å². The molecule has 0 saturated heterocycles. The van der Waals surface area contributed by atoms with Crippen molar-refractivity contribution in [1.29, 1.82) is 0 Å². The number of nitrogens with one attached hydrogen (secondary N) is 1. The number of nitrogens with two attached hydrogens (primary N) is 1. The van der Waals surface area contributed by atoms with Gasteiger partial charge in [0, 0.05) is 16.5 Å². The minimum Gasteiger partial charge on any atom is -0.368 e. The molecule has 0 radical (unpaired) electrons. The summed E-state index contributed by atoms with van der Waals surface area (Å²) in [5.41, 5.74) is 8.90. The van der Waals surface area contributed by atoms with Crippen molar-refractivity contribution in [1.82, 2.24) is 5.32 Å². The molecule has 0 heterocycles. The molecule has 2 aromatic rings. The minimum atomic E-state index is -0.746. The van der Waals surface area contributed by atoms with E-state index in [-0.39, 0.29) is 5.91 Å². The Morgan fingerprint density at radius 3 is 2.17 bits per heavy atom. The molecule has 3 N–H and O–H groups in total. The first-order chi connectivity index (χ1) is 10.8. The van der Waals surface area contributed by atoms with Gasteiger partial charge in [-0.05, 0) is 43.7 Å². The highest BCUT2D eigenvalue weighted by Crippen LogP contribution is 2.13.